The summed E-state index contributed by atoms with van der Waals surface area (Å²) in [5.74, 6) is 0.275. The molecule has 4 nitrogen and oxygen atoms in total. The number of likely N-dealkylation sites (tertiary alicyclic amines) is 1. The third-order valence-electron chi connectivity index (χ3n) is 4.13. The minimum Gasteiger partial charge on any atom is -0.342 e. The SMILES string of the molecule is CCCN(CC(=O)N1CCCCCC1)C(C)(C)CN. The van der Waals surface area contributed by atoms with Crippen LogP contribution in [0.3, 0.4) is 0 Å². The molecule has 0 aliphatic carbocycles. The van der Waals surface area contributed by atoms with Gasteiger partial charge in [0.15, 0.2) is 0 Å². The van der Waals surface area contributed by atoms with Crippen LogP contribution in [0.4, 0.5) is 0 Å². The van der Waals surface area contributed by atoms with Crippen LogP contribution in [0.5, 0.6) is 0 Å². The first-order valence-corrected chi connectivity index (χ1v) is 7.74. The lowest BCUT2D eigenvalue weighted by atomic mass is 10.0. The van der Waals surface area contributed by atoms with Crippen molar-refractivity contribution in [1.82, 2.24) is 9.80 Å². The number of amides is 1. The average molecular weight is 269 g/mol. The Kier molecular flexibility index (Phi) is 6.80. The van der Waals surface area contributed by atoms with Crippen LogP contribution >= 0.6 is 0 Å². The van der Waals surface area contributed by atoms with Gasteiger partial charge in [-0.15, -0.1) is 0 Å². The quantitative estimate of drug-likeness (QED) is 0.800. The molecule has 19 heavy (non-hydrogen) atoms. The number of carbonyl (C=O) groups excluding carboxylic acids is 1. The van der Waals surface area contributed by atoms with Crippen molar-refractivity contribution in [2.45, 2.75) is 58.4 Å². The first kappa shape index (κ1) is 16.4. The zero-order chi connectivity index (χ0) is 14.3. The molecule has 1 amide bonds. The van der Waals surface area contributed by atoms with Crippen LogP contribution in [-0.4, -0.2) is 54.0 Å². The Morgan fingerprint density at radius 3 is 2.26 bits per heavy atom. The highest BCUT2D eigenvalue weighted by Gasteiger charge is 2.28. The maximum absolute atomic E-state index is 12.4. The number of hydrogen-bond donors (Lipinski definition) is 1. The summed E-state index contributed by atoms with van der Waals surface area (Å²) in [6.45, 7) is 10.3. The van der Waals surface area contributed by atoms with Crippen molar-refractivity contribution in [3.8, 4) is 0 Å². The van der Waals surface area contributed by atoms with Crippen molar-refractivity contribution in [2.75, 3.05) is 32.7 Å². The second-order valence-electron chi connectivity index (χ2n) is 6.23. The number of carbonyl (C=O) groups is 1. The van der Waals surface area contributed by atoms with Gasteiger partial charge in [-0.05, 0) is 39.7 Å². The molecule has 0 bridgehead atoms. The van der Waals surface area contributed by atoms with Gasteiger partial charge in [0.05, 0.1) is 6.54 Å². The van der Waals surface area contributed by atoms with Gasteiger partial charge in [0.1, 0.15) is 0 Å². The summed E-state index contributed by atoms with van der Waals surface area (Å²) in [4.78, 5) is 16.7. The lowest BCUT2D eigenvalue weighted by Crippen LogP contribution is -2.53. The number of nitrogens with zero attached hydrogens (tertiary/aromatic N) is 2. The van der Waals surface area contributed by atoms with Gasteiger partial charge in [-0.1, -0.05) is 19.8 Å². The largest absolute Gasteiger partial charge is 0.342 e. The maximum atomic E-state index is 12.4. The third kappa shape index (κ3) is 5.11. The van der Waals surface area contributed by atoms with E-state index in [0.29, 0.717) is 13.1 Å². The van der Waals surface area contributed by atoms with E-state index >= 15 is 0 Å². The van der Waals surface area contributed by atoms with Crippen LogP contribution in [0, 0.1) is 0 Å². The Bertz CT molecular complexity index is 271. The highest BCUT2D eigenvalue weighted by atomic mass is 16.2. The van der Waals surface area contributed by atoms with E-state index in [-0.39, 0.29) is 11.4 Å². The fourth-order valence-electron chi connectivity index (χ4n) is 2.58. The Morgan fingerprint density at radius 2 is 1.79 bits per heavy atom. The third-order valence-corrected chi connectivity index (χ3v) is 4.13. The predicted molar refractivity (Wildman–Crippen MR) is 80.0 cm³/mol. The van der Waals surface area contributed by atoms with Gasteiger partial charge in [-0.3, -0.25) is 9.69 Å². The van der Waals surface area contributed by atoms with Crippen molar-refractivity contribution in [2.24, 2.45) is 5.73 Å². The fraction of sp³-hybridized carbons (Fsp3) is 0.933. The van der Waals surface area contributed by atoms with Crippen molar-refractivity contribution in [3.63, 3.8) is 0 Å². The zero-order valence-corrected chi connectivity index (χ0v) is 13.0. The first-order chi connectivity index (χ1) is 9.01. The predicted octanol–water partition coefficient (Wildman–Crippen LogP) is 1.84. The van der Waals surface area contributed by atoms with Crippen LogP contribution in [0.2, 0.25) is 0 Å². The number of nitrogens with two attached hydrogens (primary N) is 1. The first-order valence-electron chi connectivity index (χ1n) is 7.74. The van der Waals surface area contributed by atoms with Gasteiger partial charge < -0.3 is 10.6 Å². The number of hydrogen-bond acceptors (Lipinski definition) is 3. The molecule has 1 rings (SSSR count). The molecule has 0 atom stereocenters. The molecule has 0 aromatic carbocycles. The minimum atomic E-state index is -0.0997. The molecule has 0 spiro atoms. The zero-order valence-electron chi connectivity index (χ0n) is 13.0. The molecule has 4 heteroatoms. The molecule has 112 valence electrons. The van der Waals surface area contributed by atoms with Crippen LogP contribution < -0.4 is 5.73 Å². The van der Waals surface area contributed by atoms with E-state index in [1.165, 1.54) is 12.8 Å². The molecule has 1 saturated heterocycles. The van der Waals surface area contributed by atoms with Crippen molar-refractivity contribution in [1.29, 1.82) is 0 Å². The lowest BCUT2D eigenvalue weighted by molar-refractivity contribution is -0.133. The highest BCUT2D eigenvalue weighted by Crippen LogP contribution is 2.15. The Hall–Kier alpha value is -0.610. The Morgan fingerprint density at radius 1 is 1.21 bits per heavy atom. The molecule has 0 aromatic heterocycles. The van der Waals surface area contributed by atoms with Gasteiger partial charge in [-0.25, -0.2) is 0 Å². The van der Waals surface area contributed by atoms with E-state index in [1.54, 1.807) is 0 Å². The smallest absolute Gasteiger partial charge is 0.236 e. The summed E-state index contributed by atoms with van der Waals surface area (Å²) in [7, 11) is 0. The Balaban J connectivity index is 2.59. The van der Waals surface area contributed by atoms with Crippen LogP contribution in [0.25, 0.3) is 0 Å². The molecule has 1 aliphatic rings. The molecule has 0 saturated carbocycles. The van der Waals surface area contributed by atoms with Crippen molar-refractivity contribution in [3.05, 3.63) is 0 Å². The normalized spacial score (nSPS) is 17.6. The summed E-state index contributed by atoms with van der Waals surface area (Å²) in [6.07, 6.45) is 5.88. The average Bonchev–Trinajstić information content (AvgIpc) is 2.67. The summed E-state index contributed by atoms with van der Waals surface area (Å²) >= 11 is 0. The van der Waals surface area contributed by atoms with E-state index in [1.807, 2.05) is 4.90 Å². The minimum absolute atomic E-state index is 0.0997. The summed E-state index contributed by atoms with van der Waals surface area (Å²) in [5.41, 5.74) is 5.75. The molecule has 1 heterocycles. The van der Waals surface area contributed by atoms with Crippen LogP contribution in [0.15, 0.2) is 0 Å². The second kappa shape index (κ2) is 7.85. The van der Waals surface area contributed by atoms with E-state index in [4.69, 9.17) is 5.73 Å². The van der Waals surface area contributed by atoms with E-state index in [2.05, 4.69) is 25.7 Å². The molecular formula is C15H31N3O. The Labute approximate surface area is 118 Å². The van der Waals surface area contributed by atoms with Gasteiger partial charge in [-0.2, -0.15) is 0 Å². The van der Waals surface area contributed by atoms with Crippen LogP contribution in [-0.2, 0) is 4.79 Å². The second-order valence-corrected chi connectivity index (χ2v) is 6.23. The molecule has 1 aliphatic heterocycles. The standard InChI is InChI=1S/C15H31N3O/c1-4-9-18(15(2,3)13-16)12-14(19)17-10-7-5-6-8-11-17/h4-13,16H2,1-3H3. The van der Waals surface area contributed by atoms with Gasteiger partial charge >= 0.3 is 0 Å². The van der Waals surface area contributed by atoms with Gasteiger partial charge in [0.2, 0.25) is 5.91 Å². The maximum Gasteiger partial charge on any atom is 0.236 e. The topological polar surface area (TPSA) is 49.6 Å². The van der Waals surface area contributed by atoms with E-state index in [9.17, 15) is 4.79 Å². The lowest BCUT2D eigenvalue weighted by Gasteiger charge is -2.38. The molecular weight excluding hydrogens is 238 g/mol. The fourth-order valence-corrected chi connectivity index (χ4v) is 2.58. The molecule has 0 radical (unpaired) electrons. The van der Waals surface area contributed by atoms with Crippen molar-refractivity contribution < 1.29 is 4.79 Å². The molecule has 1 fully saturated rings. The summed E-state index contributed by atoms with van der Waals surface area (Å²) in [6, 6.07) is 0. The van der Waals surface area contributed by atoms with E-state index < -0.39 is 0 Å². The molecule has 2 N–H and O–H groups in total. The monoisotopic (exact) mass is 269 g/mol. The van der Waals surface area contributed by atoms with Crippen LogP contribution in [0.1, 0.15) is 52.9 Å². The van der Waals surface area contributed by atoms with Crippen molar-refractivity contribution >= 4 is 5.91 Å². The van der Waals surface area contributed by atoms with Gasteiger partial charge in [0, 0.05) is 25.2 Å². The highest BCUT2D eigenvalue weighted by molar-refractivity contribution is 5.78. The van der Waals surface area contributed by atoms with Gasteiger partial charge in [0.25, 0.3) is 0 Å². The molecule has 0 aromatic rings. The number of rotatable bonds is 6. The molecule has 0 unspecified atom stereocenters. The summed E-state index contributed by atoms with van der Waals surface area (Å²) < 4.78 is 0. The summed E-state index contributed by atoms with van der Waals surface area (Å²) in [5, 5.41) is 0. The van der Waals surface area contributed by atoms with E-state index in [0.717, 1.165) is 38.9 Å².